The van der Waals surface area contributed by atoms with Gasteiger partial charge in [-0.1, -0.05) is 18.2 Å². The van der Waals surface area contributed by atoms with Crippen LogP contribution in [0.25, 0.3) is 0 Å². The molecule has 0 spiro atoms. The molecule has 1 aromatic rings. The summed E-state index contributed by atoms with van der Waals surface area (Å²) in [4.78, 5) is 37.4. The van der Waals surface area contributed by atoms with Gasteiger partial charge in [0.25, 0.3) is 5.91 Å². The van der Waals surface area contributed by atoms with Crippen molar-refractivity contribution < 1.29 is 31.6 Å². The van der Waals surface area contributed by atoms with Crippen molar-refractivity contribution in [2.75, 3.05) is 11.9 Å². The molecule has 14 heteroatoms. The van der Waals surface area contributed by atoms with Crippen LogP contribution in [-0.2, 0) is 19.5 Å². The smallest absolute Gasteiger partial charge is 0.309 e. The molecule has 2 bridgehead atoms. The number of para-hydroxylation sites is 1. The number of nitrogens with zero attached hydrogens (tertiary/aromatic N) is 2. The third-order valence-electron chi connectivity index (χ3n) is 4.13. The SMILES string of the molecule is O=C(NNC(=O)[C@@H]1CC[C@@H]2CN1C(=O)N2OS(=O)(=O)O)Nc1ccccc1.[Na]. The van der Waals surface area contributed by atoms with E-state index in [2.05, 4.69) is 20.5 Å². The van der Waals surface area contributed by atoms with Crippen molar-refractivity contribution in [3.63, 3.8) is 0 Å². The first kappa shape index (κ1) is 22.4. The van der Waals surface area contributed by atoms with E-state index in [-0.39, 0.29) is 48.9 Å². The number of piperidine rings is 1. The summed E-state index contributed by atoms with van der Waals surface area (Å²) in [5.41, 5.74) is 4.92. The number of hydrogen-bond donors (Lipinski definition) is 4. The Labute approximate surface area is 182 Å². The molecule has 2 fully saturated rings. The predicted octanol–water partition coefficient (Wildman–Crippen LogP) is -0.538. The number of fused-ring (bicyclic) bond motifs is 2. The van der Waals surface area contributed by atoms with Crippen molar-refractivity contribution in [2.45, 2.75) is 24.9 Å². The predicted molar refractivity (Wildman–Crippen MR) is 95.9 cm³/mol. The molecule has 2 saturated heterocycles. The second-order valence-electron chi connectivity index (χ2n) is 5.94. The molecule has 1 aromatic carbocycles. The van der Waals surface area contributed by atoms with E-state index in [1.165, 1.54) is 0 Å². The van der Waals surface area contributed by atoms with Crippen molar-refractivity contribution in [1.82, 2.24) is 20.8 Å². The quantitative estimate of drug-likeness (QED) is 0.288. The Morgan fingerprint density at radius 1 is 1.14 bits per heavy atom. The fraction of sp³-hybridized carbons (Fsp3) is 0.357. The van der Waals surface area contributed by atoms with Crippen molar-refractivity contribution in [1.29, 1.82) is 0 Å². The Kier molecular flexibility index (Phi) is 7.25. The average molecular weight is 422 g/mol. The molecule has 12 nitrogen and oxygen atoms in total. The van der Waals surface area contributed by atoms with E-state index in [0.717, 1.165) is 4.90 Å². The summed E-state index contributed by atoms with van der Waals surface area (Å²) in [5, 5.41) is 3.05. The van der Waals surface area contributed by atoms with Gasteiger partial charge >= 0.3 is 22.5 Å². The number of amides is 5. The zero-order chi connectivity index (χ0) is 19.6. The molecule has 0 saturated carbocycles. The molecule has 0 unspecified atom stereocenters. The number of nitrogens with one attached hydrogen (secondary N) is 3. The molecule has 2 aliphatic heterocycles. The Morgan fingerprint density at radius 2 is 1.82 bits per heavy atom. The van der Waals surface area contributed by atoms with Crippen molar-refractivity contribution in [3.05, 3.63) is 30.3 Å². The van der Waals surface area contributed by atoms with Crippen LogP contribution < -0.4 is 16.2 Å². The molecule has 2 atom stereocenters. The molecule has 3 rings (SSSR count). The van der Waals surface area contributed by atoms with Crippen LogP contribution in [0.5, 0.6) is 0 Å². The molecule has 147 valence electrons. The standard InChI is InChI=1S/C14H17N5O7S.Na/c20-12(16-17-13(21)15-9-4-2-1-3-5-9)11-7-6-10-8-18(11)14(22)19(10)26-27(23,24)25;/h1-5,10-11H,6-8H2,(H,16,20)(H2,15,17,21)(H,23,24,25);/t10-,11+;/m1./s1. The Hall–Kier alpha value is -1.90. The second kappa shape index (κ2) is 9.07. The summed E-state index contributed by atoms with van der Waals surface area (Å²) in [6, 6.07) is 5.52. The summed E-state index contributed by atoms with van der Waals surface area (Å²) in [6.07, 6.45) is 0.515. The first-order valence-corrected chi connectivity index (χ1v) is 9.30. The van der Waals surface area contributed by atoms with Gasteiger partial charge in [-0.25, -0.2) is 15.0 Å². The topological polar surface area (TPSA) is 157 Å². The van der Waals surface area contributed by atoms with Gasteiger partial charge in [0.2, 0.25) is 0 Å². The molecule has 2 heterocycles. The first-order valence-electron chi connectivity index (χ1n) is 7.93. The number of hydrazine groups is 1. The maximum absolute atomic E-state index is 12.3. The van der Waals surface area contributed by atoms with E-state index < -0.39 is 40.5 Å². The van der Waals surface area contributed by atoms with E-state index in [4.69, 9.17) is 4.55 Å². The Morgan fingerprint density at radius 3 is 2.46 bits per heavy atom. The molecule has 2 aliphatic rings. The zero-order valence-electron chi connectivity index (χ0n) is 14.9. The molecule has 0 aromatic heterocycles. The Bertz CT molecular complexity index is 853. The maximum atomic E-state index is 12.3. The van der Waals surface area contributed by atoms with Crippen LogP contribution in [0.1, 0.15) is 12.8 Å². The van der Waals surface area contributed by atoms with Gasteiger partial charge in [-0.05, 0) is 25.0 Å². The van der Waals surface area contributed by atoms with E-state index in [0.29, 0.717) is 10.8 Å². The number of benzene rings is 1. The Balaban J connectivity index is 0.00000280. The van der Waals surface area contributed by atoms with Gasteiger partial charge in [0.1, 0.15) is 6.04 Å². The van der Waals surface area contributed by atoms with Crippen LogP contribution >= 0.6 is 0 Å². The minimum absolute atomic E-state index is 0. The molecular weight excluding hydrogens is 405 g/mol. The number of carbonyl (C=O) groups excluding carboxylic acids is 3. The summed E-state index contributed by atoms with van der Waals surface area (Å²) in [6.45, 7) is 0.0582. The van der Waals surface area contributed by atoms with E-state index in [9.17, 15) is 22.8 Å². The molecule has 1 radical (unpaired) electrons. The van der Waals surface area contributed by atoms with Crippen molar-refractivity contribution in [2.24, 2.45) is 0 Å². The van der Waals surface area contributed by atoms with Crippen LogP contribution in [0.15, 0.2) is 30.3 Å². The van der Waals surface area contributed by atoms with Crippen LogP contribution in [-0.4, -0.2) is 89.1 Å². The number of urea groups is 2. The molecule has 5 amide bonds. The zero-order valence-corrected chi connectivity index (χ0v) is 17.7. The summed E-state index contributed by atoms with van der Waals surface area (Å²) >= 11 is 0. The summed E-state index contributed by atoms with van der Waals surface area (Å²) in [5.74, 6) is -0.640. The second-order valence-corrected chi connectivity index (χ2v) is 6.95. The van der Waals surface area contributed by atoms with Crippen LogP contribution in [0.2, 0.25) is 0 Å². The minimum Gasteiger partial charge on any atom is -0.309 e. The number of hydroxylamine groups is 2. The third kappa shape index (κ3) is 5.33. The fourth-order valence-electron chi connectivity index (χ4n) is 2.99. The van der Waals surface area contributed by atoms with E-state index in [1.54, 1.807) is 30.3 Å². The molecule has 0 aliphatic carbocycles. The van der Waals surface area contributed by atoms with Gasteiger partial charge in [-0.15, -0.1) is 4.28 Å². The summed E-state index contributed by atoms with van der Waals surface area (Å²) in [7, 11) is -4.86. The van der Waals surface area contributed by atoms with Crippen LogP contribution in [0.3, 0.4) is 0 Å². The van der Waals surface area contributed by atoms with Gasteiger partial charge in [0.15, 0.2) is 0 Å². The largest absolute Gasteiger partial charge is 0.418 e. The molecular formula is C14H17N5NaO7S. The minimum atomic E-state index is -4.86. The fourth-order valence-corrected chi connectivity index (χ4v) is 3.38. The van der Waals surface area contributed by atoms with Gasteiger partial charge in [-0.2, -0.15) is 13.5 Å². The number of anilines is 1. The first-order chi connectivity index (χ1) is 12.7. The van der Waals surface area contributed by atoms with E-state index >= 15 is 0 Å². The van der Waals surface area contributed by atoms with Gasteiger partial charge in [0, 0.05) is 41.8 Å². The van der Waals surface area contributed by atoms with Crippen molar-refractivity contribution >= 4 is 63.6 Å². The monoisotopic (exact) mass is 422 g/mol. The van der Waals surface area contributed by atoms with Crippen LogP contribution in [0.4, 0.5) is 15.3 Å². The van der Waals surface area contributed by atoms with E-state index in [1.807, 2.05) is 0 Å². The van der Waals surface area contributed by atoms with Crippen LogP contribution in [0, 0.1) is 0 Å². The molecule has 28 heavy (non-hydrogen) atoms. The normalized spacial score (nSPS) is 21.0. The number of rotatable bonds is 4. The number of hydrogen-bond acceptors (Lipinski definition) is 6. The van der Waals surface area contributed by atoms with Crippen molar-refractivity contribution in [3.8, 4) is 0 Å². The third-order valence-corrected chi connectivity index (χ3v) is 4.48. The van der Waals surface area contributed by atoms with Gasteiger partial charge in [-0.3, -0.25) is 14.8 Å². The number of carbonyl (C=O) groups is 3. The average Bonchev–Trinajstić information content (AvgIpc) is 2.84. The maximum Gasteiger partial charge on any atom is 0.418 e. The molecule has 4 N–H and O–H groups in total. The summed E-state index contributed by atoms with van der Waals surface area (Å²) < 4.78 is 34.7. The van der Waals surface area contributed by atoms with Gasteiger partial charge in [0.05, 0.1) is 6.04 Å². The van der Waals surface area contributed by atoms with Gasteiger partial charge < -0.3 is 10.2 Å².